The molecule has 25 heavy (non-hydrogen) atoms. The van der Waals surface area contributed by atoms with Gasteiger partial charge in [-0.25, -0.2) is 0 Å². The highest BCUT2D eigenvalue weighted by Crippen LogP contribution is 2.36. The van der Waals surface area contributed by atoms with Gasteiger partial charge in [0, 0.05) is 28.9 Å². The maximum Gasteiger partial charge on any atom is 0.275 e. The fourth-order valence-corrected chi connectivity index (χ4v) is 4.42. The van der Waals surface area contributed by atoms with E-state index in [1.54, 1.807) is 17.4 Å². The number of benzene rings is 1. The number of thiophene rings is 1. The first-order chi connectivity index (χ1) is 12.1. The largest absolute Gasteiger partial charge is 0.330 e. The first kappa shape index (κ1) is 15.8. The van der Waals surface area contributed by atoms with E-state index in [1.807, 2.05) is 4.90 Å². The quantitative estimate of drug-likeness (QED) is 0.572. The minimum absolute atomic E-state index is 0.0212. The van der Waals surface area contributed by atoms with Gasteiger partial charge in [0.15, 0.2) is 5.69 Å². The number of nitro groups is 1. The summed E-state index contributed by atoms with van der Waals surface area (Å²) >= 11 is 1.73. The number of carbonyl (C=O) groups excluding carboxylic acids is 1. The summed E-state index contributed by atoms with van der Waals surface area (Å²) in [6, 6.07) is 6.51. The third-order valence-corrected chi connectivity index (χ3v) is 5.70. The van der Waals surface area contributed by atoms with Crippen LogP contribution in [0, 0.1) is 10.1 Å². The molecule has 0 saturated carbocycles. The zero-order valence-corrected chi connectivity index (χ0v) is 14.4. The highest BCUT2D eigenvalue weighted by molar-refractivity contribution is 7.10. The fraction of sp³-hybridized carbons (Fsp3) is 0.294. The average Bonchev–Trinajstić information content (AvgIpc) is 3.26. The van der Waals surface area contributed by atoms with Crippen LogP contribution in [0.25, 0.3) is 10.9 Å². The van der Waals surface area contributed by atoms with Crippen LogP contribution >= 0.6 is 11.3 Å². The van der Waals surface area contributed by atoms with Gasteiger partial charge in [-0.15, -0.1) is 11.3 Å². The molecule has 3 heterocycles. The normalized spacial score (nSPS) is 16.8. The molecule has 0 unspecified atom stereocenters. The molecule has 1 aliphatic rings. The van der Waals surface area contributed by atoms with Crippen LogP contribution in [0.1, 0.15) is 40.3 Å². The Hall–Kier alpha value is -2.74. The minimum Gasteiger partial charge on any atom is -0.330 e. The molecule has 1 amide bonds. The van der Waals surface area contributed by atoms with E-state index in [1.165, 1.54) is 22.6 Å². The number of non-ortho nitro benzene ring substituents is 1. The minimum atomic E-state index is -0.464. The van der Waals surface area contributed by atoms with Crippen LogP contribution in [0.5, 0.6) is 0 Å². The van der Waals surface area contributed by atoms with Gasteiger partial charge in [0.1, 0.15) is 0 Å². The van der Waals surface area contributed by atoms with Crippen LogP contribution in [-0.2, 0) is 6.42 Å². The lowest BCUT2D eigenvalue weighted by molar-refractivity contribution is -0.384. The molecule has 1 N–H and O–H groups in total. The Kier molecular flexibility index (Phi) is 3.76. The van der Waals surface area contributed by atoms with Crippen molar-refractivity contribution in [2.45, 2.75) is 25.8 Å². The fourth-order valence-electron chi connectivity index (χ4n) is 3.49. The summed E-state index contributed by atoms with van der Waals surface area (Å²) in [4.78, 5) is 26.9. The Bertz CT molecular complexity index is 977. The van der Waals surface area contributed by atoms with E-state index in [2.05, 4.69) is 28.6 Å². The number of nitrogens with zero attached hydrogens (tertiary/aromatic N) is 3. The second kappa shape index (κ2) is 5.96. The molecule has 0 aliphatic carbocycles. The number of aromatic amines is 1. The van der Waals surface area contributed by atoms with Crippen molar-refractivity contribution >= 4 is 33.8 Å². The summed E-state index contributed by atoms with van der Waals surface area (Å²) in [6.45, 7) is 2.69. The number of carbonyl (C=O) groups is 1. The molecular weight excluding hydrogens is 340 g/mol. The first-order valence-corrected chi connectivity index (χ1v) is 8.98. The second-order valence-corrected chi connectivity index (χ2v) is 7.03. The summed E-state index contributed by atoms with van der Waals surface area (Å²) in [6.07, 6.45) is 1.65. The third-order valence-electron chi connectivity index (χ3n) is 4.70. The van der Waals surface area contributed by atoms with E-state index in [-0.39, 0.29) is 23.3 Å². The van der Waals surface area contributed by atoms with Crippen molar-refractivity contribution in [3.05, 3.63) is 55.9 Å². The van der Waals surface area contributed by atoms with Gasteiger partial charge in [-0.05, 0) is 35.9 Å². The molecule has 0 spiro atoms. The van der Waals surface area contributed by atoms with E-state index in [4.69, 9.17) is 0 Å². The van der Waals surface area contributed by atoms with Crippen molar-refractivity contribution in [1.82, 2.24) is 15.1 Å². The van der Waals surface area contributed by atoms with Crippen LogP contribution in [0.2, 0.25) is 0 Å². The zero-order chi connectivity index (χ0) is 17.6. The summed E-state index contributed by atoms with van der Waals surface area (Å²) < 4.78 is 0. The number of fused-ring (bicyclic) bond motifs is 2. The highest BCUT2D eigenvalue weighted by atomic mass is 32.1. The number of rotatable bonds is 3. The Morgan fingerprint density at radius 3 is 3.08 bits per heavy atom. The number of nitro benzene ring substituents is 1. The summed E-state index contributed by atoms with van der Waals surface area (Å²) in [5.41, 5.74) is 2.03. The van der Waals surface area contributed by atoms with Crippen molar-refractivity contribution < 1.29 is 9.72 Å². The van der Waals surface area contributed by atoms with Crippen molar-refractivity contribution in [3.8, 4) is 0 Å². The highest BCUT2D eigenvalue weighted by Gasteiger charge is 2.32. The molecule has 2 aromatic heterocycles. The predicted molar refractivity (Wildman–Crippen MR) is 94.8 cm³/mol. The van der Waals surface area contributed by atoms with E-state index in [0.29, 0.717) is 17.4 Å². The van der Waals surface area contributed by atoms with E-state index < -0.39 is 4.92 Å². The maximum atomic E-state index is 13.1. The predicted octanol–water partition coefficient (Wildman–Crippen LogP) is 3.68. The average molecular weight is 356 g/mol. The van der Waals surface area contributed by atoms with Gasteiger partial charge in [0.25, 0.3) is 11.6 Å². The lowest BCUT2D eigenvalue weighted by Crippen LogP contribution is -2.39. The summed E-state index contributed by atoms with van der Waals surface area (Å²) in [5.74, 6) is -0.185. The number of aromatic nitrogens is 2. The van der Waals surface area contributed by atoms with Gasteiger partial charge in [0.2, 0.25) is 0 Å². The van der Waals surface area contributed by atoms with Gasteiger partial charge in [-0.3, -0.25) is 20.0 Å². The second-order valence-electron chi connectivity index (χ2n) is 6.03. The van der Waals surface area contributed by atoms with Crippen LogP contribution in [0.15, 0.2) is 29.6 Å². The maximum absolute atomic E-state index is 13.1. The number of nitrogens with one attached hydrogen (secondary N) is 1. The zero-order valence-electron chi connectivity index (χ0n) is 13.6. The molecule has 0 bridgehead atoms. The molecule has 1 aliphatic heterocycles. The van der Waals surface area contributed by atoms with E-state index in [0.717, 1.165) is 12.8 Å². The molecule has 7 nitrogen and oxygen atoms in total. The SMILES string of the molecule is CC[C@H]1c2ccsc2CCN1C(=O)c1n[nH]c2ccc([N+](=O)[O-])cc12. The lowest BCUT2D eigenvalue weighted by atomic mass is 9.97. The van der Waals surface area contributed by atoms with Crippen LogP contribution in [0.3, 0.4) is 0 Å². The molecule has 0 saturated heterocycles. The first-order valence-electron chi connectivity index (χ1n) is 8.10. The Labute approximate surface area is 147 Å². The van der Waals surface area contributed by atoms with Gasteiger partial charge in [-0.2, -0.15) is 5.10 Å². The summed E-state index contributed by atoms with van der Waals surface area (Å²) in [5, 5.41) is 20.5. The van der Waals surface area contributed by atoms with Gasteiger partial charge in [0.05, 0.1) is 16.5 Å². The number of H-pyrrole nitrogens is 1. The van der Waals surface area contributed by atoms with Crippen LogP contribution < -0.4 is 0 Å². The van der Waals surface area contributed by atoms with Crippen LogP contribution in [0.4, 0.5) is 5.69 Å². The molecule has 8 heteroatoms. The van der Waals surface area contributed by atoms with Gasteiger partial charge >= 0.3 is 0 Å². The molecule has 1 atom stereocenters. The van der Waals surface area contributed by atoms with Gasteiger partial charge in [-0.1, -0.05) is 6.92 Å². The Morgan fingerprint density at radius 2 is 2.32 bits per heavy atom. The monoisotopic (exact) mass is 356 g/mol. The molecule has 3 aromatic rings. The standard InChI is InChI=1S/C17H16N4O3S/c1-2-14-11-6-8-25-15(11)5-7-20(14)17(22)16-12-9-10(21(23)24)3-4-13(12)18-19-16/h3-4,6,8-9,14H,2,5,7H2,1H3,(H,18,19)/t14-/m0/s1. The van der Waals surface area contributed by atoms with E-state index in [9.17, 15) is 14.9 Å². The topological polar surface area (TPSA) is 92.1 Å². The van der Waals surface area contributed by atoms with Crippen molar-refractivity contribution in [3.63, 3.8) is 0 Å². The molecule has 4 rings (SSSR count). The molecule has 128 valence electrons. The molecule has 0 fully saturated rings. The number of hydrogen-bond donors (Lipinski definition) is 1. The van der Waals surface area contributed by atoms with Crippen molar-refractivity contribution in [2.24, 2.45) is 0 Å². The third kappa shape index (κ3) is 2.49. The van der Waals surface area contributed by atoms with Crippen molar-refractivity contribution in [2.75, 3.05) is 6.54 Å². The Balaban J connectivity index is 1.75. The summed E-state index contributed by atoms with van der Waals surface area (Å²) in [7, 11) is 0. The molecular formula is C17H16N4O3S. The number of amides is 1. The smallest absolute Gasteiger partial charge is 0.275 e. The van der Waals surface area contributed by atoms with Crippen molar-refractivity contribution in [1.29, 1.82) is 0 Å². The molecule has 0 radical (unpaired) electrons. The van der Waals surface area contributed by atoms with E-state index >= 15 is 0 Å². The number of hydrogen-bond acceptors (Lipinski definition) is 5. The van der Waals surface area contributed by atoms with Crippen LogP contribution in [-0.4, -0.2) is 32.5 Å². The molecule has 1 aromatic carbocycles. The lowest BCUT2D eigenvalue weighted by Gasteiger charge is -2.35. The Morgan fingerprint density at radius 1 is 1.48 bits per heavy atom. The van der Waals surface area contributed by atoms with Gasteiger partial charge < -0.3 is 4.90 Å².